The lowest BCUT2D eigenvalue weighted by Gasteiger charge is -2.37. The summed E-state index contributed by atoms with van der Waals surface area (Å²) < 4.78 is 0. The Bertz CT molecular complexity index is 2240. The lowest BCUT2D eigenvalue weighted by molar-refractivity contribution is 0.594. The maximum absolute atomic E-state index is 2.53. The van der Waals surface area contributed by atoms with Crippen molar-refractivity contribution in [1.82, 2.24) is 0 Å². The van der Waals surface area contributed by atoms with Crippen LogP contribution in [-0.4, -0.2) is 0 Å². The molecule has 2 aliphatic carbocycles. The second-order valence-corrected chi connectivity index (χ2v) is 14.3. The molecule has 9 rings (SSSR count). The molecule has 0 N–H and O–H groups in total. The van der Waals surface area contributed by atoms with Crippen molar-refractivity contribution in [3.8, 4) is 22.3 Å². The first-order valence-corrected chi connectivity index (χ1v) is 18.2. The Labute approximate surface area is 302 Å². The molecule has 0 radical (unpaired) electrons. The van der Waals surface area contributed by atoms with Crippen molar-refractivity contribution in [3.05, 3.63) is 227 Å². The molecule has 7 aromatic rings. The second-order valence-electron chi connectivity index (χ2n) is 14.3. The second kappa shape index (κ2) is 13.0. The van der Waals surface area contributed by atoms with Crippen molar-refractivity contribution >= 4 is 22.3 Å². The molecule has 0 saturated carbocycles. The zero-order chi connectivity index (χ0) is 34.2. The summed E-state index contributed by atoms with van der Waals surface area (Å²) in [5, 5.41) is 0. The van der Waals surface area contributed by atoms with Crippen LogP contribution in [0.4, 0.5) is 0 Å². The fourth-order valence-corrected chi connectivity index (χ4v) is 8.77. The number of benzene rings is 7. The third-order valence-corrected chi connectivity index (χ3v) is 11.1. The van der Waals surface area contributed by atoms with Crippen molar-refractivity contribution in [2.75, 3.05) is 0 Å². The van der Waals surface area contributed by atoms with Gasteiger partial charge >= 0.3 is 0 Å². The topological polar surface area (TPSA) is 0 Å². The number of rotatable bonds is 8. The normalized spacial score (nSPS) is 13.7. The van der Waals surface area contributed by atoms with E-state index in [1.807, 2.05) is 0 Å². The molecular formula is C51H40. The molecule has 0 heterocycles. The van der Waals surface area contributed by atoms with Crippen LogP contribution in [-0.2, 0) is 19.3 Å². The summed E-state index contributed by atoms with van der Waals surface area (Å²) in [6.07, 6.45) is 2.76. The van der Waals surface area contributed by atoms with E-state index in [-0.39, 0.29) is 5.41 Å². The average Bonchev–Trinajstić information content (AvgIpc) is 3.80. The monoisotopic (exact) mass is 652 g/mol. The molecule has 7 aromatic carbocycles. The molecule has 0 aliphatic heterocycles. The summed E-state index contributed by atoms with van der Waals surface area (Å²) in [7, 11) is 0. The minimum Gasteiger partial charge on any atom is -0.0622 e. The molecule has 0 nitrogen and oxygen atoms in total. The van der Waals surface area contributed by atoms with Crippen LogP contribution in [0.15, 0.2) is 188 Å². The van der Waals surface area contributed by atoms with Crippen molar-refractivity contribution in [3.63, 3.8) is 0 Å². The first-order valence-electron chi connectivity index (χ1n) is 18.2. The number of fused-ring (bicyclic) bond motifs is 2. The number of allylic oxidation sites excluding steroid dienone is 4. The Morgan fingerprint density at radius 1 is 0.353 bits per heavy atom. The molecule has 0 unspecified atom stereocenters. The summed E-state index contributed by atoms with van der Waals surface area (Å²) in [4.78, 5) is 0. The molecule has 0 bridgehead atoms. The van der Waals surface area contributed by atoms with Crippen molar-refractivity contribution in [2.45, 2.75) is 26.2 Å². The summed E-state index contributed by atoms with van der Waals surface area (Å²) in [5.41, 5.74) is 20.0. The summed E-state index contributed by atoms with van der Waals surface area (Å²) in [5.74, 6) is 0. The van der Waals surface area contributed by atoms with Crippen LogP contribution < -0.4 is 0 Å². The van der Waals surface area contributed by atoms with Crippen LogP contribution >= 0.6 is 0 Å². The van der Waals surface area contributed by atoms with Gasteiger partial charge in [0, 0.05) is 5.41 Å². The maximum Gasteiger partial charge on any atom is 0.0233 e. The minimum absolute atomic E-state index is 0.318. The van der Waals surface area contributed by atoms with Crippen LogP contribution in [0, 0.1) is 5.41 Å². The zero-order valence-electron chi connectivity index (χ0n) is 29.0. The summed E-state index contributed by atoms with van der Waals surface area (Å²) in [6, 6.07) is 69.4. The standard InChI is InChI=1S/C51H40/c1-51(35-36-15-5-2-6-16-36,49-45-23-13-11-21-43(45)33-47(49)41-29-25-39(26-30-41)37-17-7-3-8-18-37)50-46-24-14-12-22-44(46)34-48(50)42-31-27-40(28-32-42)38-19-9-4-10-20-38/h2-32H,33-35H2,1H3. The Kier molecular flexibility index (Phi) is 7.94. The van der Waals surface area contributed by atoms with Gasteiger partial charge in [-0.15, -0.1) is 0 Å². The number of hydrogen-bond acceptors (Lipinski definition) is 0. The molecule has 0 fully saturated rings. The third-order valence-electron chi connectivity index (χ3n) is 11.1. The SMILES string of the molecule is CC(Cc1ccccc1)(C1=C(c2ccc(-c3ccccc3)cc2)Cc2ccccc21)C1=C(c2ccc(-c3ccccc3)cc2)Cc2ccccc21. The molecule has 244 valence electrons. The molecule has 0 spiro atoms. The number of hydrogen-bond donors (Lipinski definition) is 0. The fraction of sp³-hybridized carbons (Fsp3) is 0.0980. The van der Waals surface area contributed by atoms with E-state index in [1.165, 1.54) is 83.5 Å². The van der Waals surface area contributed by atoms with Gasteiger partial charge in [-0.3, -0.25) is 0 Å². The van der Waals surface area contributed by atoms with Gasteiger partial charge in [0.25, 0.3) is 0 Å². The summed E-state index contributed by atoms with van der Waals surface area (Å²) >= 11 is 0. The molecule has 0 amide bonds. The van der Waals surface area contributed by atoms with Gasteiger partial charge in [-0.25, -0.2) is 0 Å². The predicted molar refractivity (Wildman–Crippen MR) is 216 cm³/mol. The van der Waals surface area contributed by atoms with E-state index >= 15 is 0 Å². The fourth-order valence-electron chi connectivity index (χ4n) is 8.77. The van der Waals surface area contributed by atoms with Crippen molar-refractivity contribution in [1.29, 1.82) is 0 Å². The van der Waals surface area contributed by atoms with Gasteiger partial charge in [0.2, 0.25) is 0 Å². The first-order chi connectivity index (χ1) is 25.2. The van der Waals surface area contributed by atoms with Gasteiger partial charge in [-0.1, -0.05) is 195 Å². The van der Waals surface area contributed by atoms with Gasteiger partial charge in [0.05, 0.1) is 0 Å². The lowest BCUT2D eigenvalue weighted by atomic mass is 9.65. The Morgan fingerprint density at radius 3 is 1.12 bits per heavy atom. The molecule has 51 heavy (non-hydrogen) atoms. The highest BCUT2D eigenvalue weighted by Gasteiger charge is 2.44. The van der Waals surface area contributed by atoms with Crippen molar-refractivity contribution < 1.29 is 0 Å². The van der Waals surface area contributed by atoms with Gasteiger partial charge in [0.15, 0.2) is 0 Å². The minimum atomic E-state index is -0.318. The highest BCUT2D eigenvalue weighted by molar-refractivity contribution is 6.10. The van der Waals surface area contributed by atoms with Crippen LogP contribution in [0.25, 0.3) is 44.5 Å². The van der Waals surface area contributed by atoms with Gasteiger partial charge in [-0.05, 0) is 103 Å². The highest BCUT2D eigenvalue weighted by Crippen LogP contribution is 2.59. The maximum atomic E-state index is 2.53. The quantitative estimate of drug-likeness (QED) is 0.153. The Hall–Kier alpha value is -5.98. The average molecular weight is 653 g/mol. The van der Waals surface area contributed by atoms with Crippen LogP contribution in [0.1, 0.15) is 45.9 Å². The van der Waals surface area contributed by atoms with E-state index in [1.54, 1.807) is 0 Å². The third kappa shape index (κ3) is 5.68. The molecule has 2 aliphatic rings. The van der Waals surface area contributed by atoms with E-state index in [0.717, 1.165) is 19.3 Å². The molecule has 0 atom stereocenters. The molecule has 0 saturated heterocycles. The smallest absolute Gasteiger partial charge is 0.0233 e. The molecule has 0 aromatic heterocycles. The highest BCUT2D eigenvalue weighted by atomic mass is 14.5. The zero-order valence-corrected chi connectivity index (χ0v) is 29.0. The van der Waals surface area contributed by atoms with E-state index in [4.69, 9.17) is 0 Å². The van der Waals surface area contributed by atoms with Gasteiger partial charge < -0.3 is 0 Å². The van der Waals surface area contributed by atoms with Crippen LogP contribution in [0.3, 0.4) is 0 Å². The largest absolute Gasteiger partial charge is 0.0622 e. The Morgan fingerprint density at radius 2 is 0.686 bits per heavy atom. The predicted octanol–water partition coefficient (Wildman–Crippen LogP) is 12.9. The van der Waals surface area contributed by atoms with Crippen LogP contribution in [0.5, 0.6) is 0 Å². The van der Waals surface area contributed by atoms with E-state index in [9.17, 15) is 0 Å². The Balaban J connectivity index is 1.28. The summed E-state index contributed by atoms with van der Waals surface area (Å²) in [6.45, 7) is 2.53. The van der Waals surface area contributed by atoms with Crippen LogP contribution in [0.2, 0.25) is 0 Å². The van der Waals surface area contributed by atoms with E-state index < -0.39 is 0 Å². The molecule has 0 heteroatoms. The van der Waals surface area contributed by atoms with E-state index in [0.29, 0.717) is 0 Å². The lowest BCUT2D eigenvalue weighted by Crippen LogP contribution is -2.24. The van der Waals surface area contributed by atoms with Crippen molar-refractivity contribution in [2.24, 2.45) is 5.41 Å². The van der Waals surface area contributed by atoms with E-state index in [2.05, 4.69) is 195 Å². The molecular weight excluding hydrogens is 613 g/mol. The van der Waals surface area contributed by atoms with Gasteiger partial charge in [0.1, 0.15) is 0 Å². The first kappa shape index (κ1) is 31.0. The van der Waals surface area contributed by atoms with Gasteiger partial charge in [-0.2, -0.15) is 0 Å².